The molecule has 23 heavy (non-hydrogen) atoms. The number of alkyl halides is 11. The smallest absolute Gasteiger partial charge is 0.421 e. The van der Waals surface area contributed by atoms with E-state index in [4.69, 9.17) is 0 Å². The number of carbonyl (C=O) groups is 1. The molecular weight excluding hydrogens is 361 g/mol. The second kappa shape index (κ2) is 6.15. The molecule has 0 aromatic heterocycles. The summed E-state index contributed by atoms with van der Waals surface area (Å²) in [5.41, 5.74) is -0.808. The SMILES string of the molecule is C=C(C)C(=O)OC(F)C(F)(F)C(F)(F)C(F)(F)C(F)C(F)(F)F. The van der Waals surface area contributed by atoms with Gasteiger partial charge >= 0.3 is 36.3 Å². The topological polar surface area (TPSA) is 26.3 Å². The summed E-state index contributed by atoms with van der Waals surface area (Å²) < 4.78 is 141. The van der Waals surface area contributed by atoms with Crippen molar-refractivity contribution in [1.82, 2.24) is 0 Å². The van der Waals surface area contributed by atoms with Gasteiger partial charge < -0.3 is 4.74 Å². The normalized spacial score (nSPS) is 16.7. The molecule has 0 N–H and O–H groups in total. The molecule has 0 saturated heterocycles. The Hall–Kier alpha value is -1.56. The van der Waals surface area contributed by atoms with Crippen LogP contribution < -0.4 is 0 Å². The lowest BCUT2D eigenvalue weighted by molar-refractivity contribution is -0.380. The molecule has 136 valence electrons. The van der Waals surface area contributed by atoms with Crippen molar-refractivity contribution in [3.05, 3.63) is 12.2 Å². The van der Waals surface area contributed by atoms with Crippen LogP contribution in [0.5, 0.6) is 0 Å². The highest BCUT2D eigenvalue weighted by atomic mass is 19.4. The van der Waals surface area contributed by atoms with E-state index in [0.717, 1.165) is 6.92 Å². The van der Waals surface area contributed by atoms with Gasteiger partial charge in [-0.3, -0.25) is 0 Å². The van der Waals surface area contributed by atoms with E-state index >= 15 is 0 Å². The summed E-state index contributed by atoms with van der Waals surface area (Å²) in [5, 5.41) is 0. The van der Waals surface area contributed by atoms with Crippen LogP contribution >= 0.6 is 0 Å². The molecule has 0 aromatic rings. The average Bonchev–Trinajstić information content (AvgIpc) is 2.35. The van der Waals surface area contributed by atoms with E-state index in [9.17, 15) is 53.1 Å². The zero-order valence-electron chi connectivity index (χ0n) is 10.8. The maximum absolute atomic E-state index is 13.0. The van der Waals surface area contributed by atoms with Crippen molar-refractivity contribution < 1.29 is 57.8 Å². The van der Waals surface area contributed by atoms with Crippen molar-refractivity contribution in [1.29, 1.82) is 0 Å². The molecule has 0 saturated carbocycles. The summed E-state index contributed by atoms with van der Waals surface area (Å²) in [6.45, 7) is 3.47. The number of hydrogen-bond acceptors (Lipinski definition) is 2. The Morgan fingerprint density at radius 2 is 1.30 bits per heavy atom. The van der Waals surface area contributed by atoms with Gasteiger partial charge in [-0.1, -0.05) is 6.58 Å². The maximum Gasteiger partial charge on any atom is 0.425 e. The first kappa shape index (κ1) is 21.4. The van der Waals surface area contributed by atoms with Gasteiger partial charge in [0.15, 0.2) is 0 Å². The van der Waals surface area contributed by atoms with E-state index in [2.05, 4.69) is 11.3 Å². The number of hydrogen-bond donors (Lipinski definition) is 0. The van der Waals surface area contributed by atoms with Crippen LogP contribution in [-0.2, 0) is 9.53 Å². The summed E-state index contributed by atoms with van der Waals surface area (Å²) in [6.07, 6.45) is -17.1. The van der Waals surface area contributed by atoms with Crippen LogP contribution in [0.25, 0.3) is 0 Å². The molecule has 0 aliphatic heterocycles. The van der Waals surface area contributed by atoms with Crippen molar-refractivity contribution >= 4 is 5.97 Å². The van der Waals surface area contributed by atoms with E-state index in [0.29, 0.717) is 0 Å². The molecule has 0 spiro atoms. The zero-order valence-corrected chi connectivity index (χ0v) is 10.8. The molecule has 2 unspecified atom stereocenters. The Morgan fingerprint density at radius 1 is 0.913 bits per heavy atom. The second-order valence-corrected chi connectivity index (χ2v) is 4.23. The molecule has 2 atom stereocenters. The number of ether oxygens (including phenoxy) is 1. The second-order valence-electron chi connectivity index (χ2n) is 4.23. The van der Waals surface area contributed by atoms with Crippen molar-refractivity contribution in [2.24, 2.45) is 0 Å². The first-order valence-corrected chi connectivity index (χ1v) is 5.25. The van der Waals surface area contributed by atoms with Gasteiger partial charge in [0.1, 0.15) is 0 Å². The van der Waals surface area contributed by atoms with Gasteiger partial charge in [-0.15, -0.1) is 0 Å². The maximum atomic E-state index is 13.0. The minimum absolute atomic E-state index is 0.737. The van der Waals surface area contributed by atoms with E-state index in [1.54, 1.807) is 0 Å². The summed E-state index contributed by atoms with van der Waals surface area (Å²) in [7, 11) is 0. The molecule has 0 amide bonds. The first-order chi connectivity index (χ1) is 9.90. The standard InChI is InChI=1S/C10H7F11O2/c1-3(2)4(22)23-6(12)8(15,16)10(20,21)7(13,14)5(11)9(17,18)19/h5-6H,1H2,2H3. The van der Waals surface area contributed by atoms with E-state index in [-0.39, 0.29) is 0 Å². The Bertz CT molecular complexity index is 468. The highest BCUT2D eigenvalue weighted by Gasteiger charge is 2.81. The summed E-state index contributed by atoms with van der Waals surface area (Å²) in [5.74, 6) is -22.9. The fourth-order valence-corrected chi connectivity index (χ4v) is 0.998. The quantitative estimate of drug-likeness (QED) is 0.399. The largest absolute Gasteiger partial charge is 0.425 e. The number of rotatable bonds is 6. The summed E-state index contributed by atoms with van der Waals surface area (Å²) >= 11 is 0. The van der Waals surface area contributed by atoms with Crippen LogP contribution in [0.1, 0.15) is 6.92 Å². The minimum Gasteiger partial charge on any atom is -0.421 e. The van der Waals surface area contributed by atoms with Gasteiger partial charge in [0.05, 0.1) is 0 Å². The van der Waals surface area contributed by atoms with Crippen LogP contribution in [0.2, 0.25) is 0 Å². The van der Waals surface area contributed by atoms with Crippen LogP contribution in [0.3, 0.4) is 0 Å². The van der Waals surface area contributed by atoms with Crippen molar-refractivity contribution in [3.63, 3.8) is 0 Å². The molecule has 2 nitrogen and oxygen atoms in total. The fraction of sp³-hybridized carbons (Fsp3) is 0.700. The van der Waals surface area contributed by atoms with Crippen molar-refractivity contribution in [2.45, 2.75) is 43.4 Å². The number of halogens is 11. The van der Waals surface area contributed by atoms with Gasteiger partial charge in [-0.05, 0) is 6.92 Å². The fourth-order valence-electron chi connectivity index (χ4n) is 0.998. The van der Waals surface area contributed by atoms with Crippen molar-refractivity contribution in [2.75, 3.05) is 0 Å². The number of esters is 1. The Balaban J connectivity index is 5.68. The van der Waals surface area contributed by atoms with Gasteiger partial charge in [0.25, 0.3) is 6.17 Å². The van der Waals surface area contributed by atoms with Gasteiger partial charge in [0, 0.05) is 5.57 Å². The monoisotopic (exact) mass is 368 g/mol. The molecule has 0 rings (SSSR count). The van der Waals surface area contributed by atoms with E-state index in [1.807, 2.05) is 0 Å². The Kier molecular flexibility index (Phi) is 5.73. The van der Waals surface area contributed by atoms with Crippen LogP contribution in [0.4, 0.5) is 48.3 Å². The lowest BCUT2D eigenvalue weighted by Gasteiger charge is -2.35. The predicted molar refractivity (Wildman–Crippen MR) is 51.6 cm³/mol. The van der Waals surface area contributed by atoms with Crippen molar-refractivity contribution in [3.8, 4) is 0 Å². The summed E-state index contributed by atoms with van der Waals surface area (Å²) in [4.78, 5) is 10.7. The predicted octanol–water partition coefficient (Wildman–Crippen LogP) is 4.21. The van der Waals surface area contributed by atoms with Gasteiger partial charge in [-0.25, -0.2) is 9.18 Å². The van der Waals surface area contributed by atoms with Crippen LogP contribution in [-0.4, -0.2) is 42.4 Å². The molecule has 0 aromatic carbocycles. The Morgan fingerprint density at radius 3 is 1.61 bits per heavy atom. The zero-order chi connectivity index (χ0) is 19.0. The lowest BCUT2D eigenvalue weighted by atomic mass is 10.00. The molecule has 13 heteroatoms. The van der Waals surface area contributed by atoms with E-state index < -0.39 is 48.0 Å². The average molecular weight is 368 g/mol. The number of carbonyl (C=O) groups excluding carboxylic acids is 1. The Labute approximate surface area is 120 Å². The van der Waals surface area contributed by atoms with Crippen LogP contribution in [0, 0.1) is 0 Å². The highest BCUT2D eigenvalue weighted by Crippen LogP contribution is 2.53. The molecule has 0 radical (unpaired) electrons. The van der Waals surface area contributed by atoms with Gasteiger partial charge in [-0.2, -0.15) is 43.9 Å². The summed E-state index contributed by atoms with van der Waals surface area (Å²) in [6, 6.07) is 0. The molecular formula is C10H7F11O2. The third-order valence-electron chi connectivity index (χ3n) is 2.29. The molecule has 0 heterocycles. The lowest BCUT2D eigenvalue weighted by Crippen LogP contribution is -2.64. The van der Waals surface area contributed by atoms with Crippen LogP contribution in [0.15, 0.2) is 12.2 Å². The molecule has 0 aliphatic carbocycles. The molecule has 0 fully saturated rings. The third-order valence-corrected chi connectivity index (χ3v) is 2.29. The molecule has 0 bridgehead atoms. The highest BCUT2D eigenvalue weighted by molar-refractivity contribution is 5.87. The van der Waals surface area contributed by atoms with E-state index in [1.165, 1.54) is 0 Å². The molecule has 0 aliphatic rings. The van der Waals surface area contributed by atoms with Gasteiger partial charge in [0.2, 0.25) is 0 Å². The first-order valence-electron chi connectivity index (χ1n) is 5.25. The minimum atomic E-state index is -7.18. The third kappa shape index (κ3) is 3.86.